The Bertz CT molecular complexity index is 483. The maximum absolute atomic E-state index is 5.70. The molecule has 0 bridgehead atoms. The van der Waals surface area contributed by atoms with Crippen LogP contribution >= 0.6 is 0 Å². The summed E-state index contributed by atoms with van der Waals surface area (Å²) in [4.78, 5) is 4.11. The third-order valence-corrected chi connectivity index (χ3v) is 2.70. The summed E-state index contributed by atoms with van der Waals surface area (Å²) in [7, 11) is 1.66. The van der Waals surface area contributed by atoms with Gasteiger partial charge >= 0.3 is 0 Å². The van der Waals surface area contributed by atoms with Crippen LogP contribution in [0.25, 0.3) is 0 Å². The lowest BCUT2D eigenvalue weighted by Gasteiger charge is -2.09. The first-order valence-corrected chi connectivity index (χ1v) is 5.58. The molecule has 0 unspecified atom stereocenters. The molecule has 0 fully saturated rings. The highest BCUT2D eigenvalue weighted by Crippen LogP contribution is 2.20. The van der Waals surface area contributed by atoms with E-state index < -0.39 is 0 Å². The van der Waals surface area contributed by atoms with Gasteiger partial charge in [-0.3, -0.25) is 4.98 Å². The number of pyridine rings is 1. The van der Waals surface area contributed by atoms with Gasteiger partial charge in [0.05, 0.1) is 7.11 Å². The fourth-order valence-electron chi connectivity index (χ4n) is 1.84. The summed E-state index contributed by atoms with van der Waals surface area (Å²) < 4.78 is 5.25. The Kier molecular flexibility index (Phi) is 3.73. The van der Waals surface area contributed by atoms with Crippen LogP contribution < -0.4 is 10.5 Å². The van der Waals surface area contributed by atoms with E-state index in [2.05, 4.69) is 23.2 Å². The van der Waals surface area contributed by atoms with Crippen molar-refractivity contribution in [2.45, 2.75) is 13.0 Å². The smallest absolute Gasteiger partial charge is 0.123 e. The molecule has 0 saturated carbocycles. The molecule has 3 nitrogen and oxygen atoms in total. The third kappa shape index (κ3) is 2.82. The Morgan fingerprint density at radius 3 is 2.76 bits per heavy atom. The zero-order valence-corrected chi connectivity index (χ0v) is 9.89. The van der Waals surface area contributed by atoms with Crippen LogP contribution in [0.5, 0.6) is 5.75 Å². The second kappa shape index (κ2) is 5.46. The molecule has 0 aliphatic carbocycles. The molecule has 1 aromatic carbocycles. The van der Waals surface area contributed by atoms with Crippen molar-refractivity contribution >= 4 is 0 Å². The molecule has 0 atom stereocenters. The fourth-order valence-corrected chi connectivity index (χ4v) is 1.84. The summed E-state index contributed by atoms with van der Waals surface area (Å²) in [5, 5.41) is 0. The standard InChI is InChI=1S/C14H16N2O/c1-17-14-5-4-11(8-13(14)9-15)7-12-3-2-6-16-10-12/h2-6,8,10H,7,9,15H2,1H3. The molecule has 1 heterocycles. The Labute approximate surface area is 101 Å². The van der Waals surface area contributed by atoms with Crippen LogP contribution in [0, 0.1) is 0 Å². The summed E-state index contributed by atoms with van der Waals surface area (Å²) in [6.07, 6.45) is 4.53. The van der Waals surface area contributed by atoms with Crippen LogP contribution in [-0.4, -0.2) is 12.1 Å². The van der Waals surface area contributed by atoms with Crippen molar-refractivity contribution in [3.05, 3.63) is 59.4 Å². The number of aromatic nitrogens is 1. The van der Waals surface area contributed by atoms with E-state index in [9.17, 15) is 0 Å². The molecule has 3 heteroatoms. The van der Waals surface area contributed by atoms with Crippen LogP contribution in [0.1, 0.15) is 16.7 Å². The molecule has 0 aliphatic heterocycles. The van der Waals surface area contributed by atoms with Gasteiger partial charge in [-0.05, 0) is 29.7 Å². The van der Waals surface area contributed by atoms with Crippen LogP contribution in [0.15, 0.2) is 42.7 Å². The monoisotopic (exact) mass is 228 g/mol. The summed E-state index contributed by atoms with van der Waals surface area (Å²) in [5.41, 5.74) is 9.15. The van der Waals surface area contributed by atoms with Crippen LogP contribution in [0.4, 0.5) is 0 Å². The van der Waals surface area contributed by atoms with E-state index in [1.807, 2.05) is 18.3 Å². The van der Waals surface area contributed by atoms with E-state index in [1.54, 1.807) is 13.3 Å². The minimum absolute atomic E-state index is 0.490. The van der Waals surface area contributed by atoms with Crippen molar-refractivity contribution in [1.82, 2.24) is 4.98 Å². The van der Waals surface area contributed by atoms with E-state index in [-0.39, 0.29) is 0 Å². The Hall–Kier alpha value is -1.87. The minimum Gasteiger partial charge on any atom is -0.496 e. The lowest BCUT2D eigenvalue weighted by Crippen LogP contribution is -2.01. The topological polar surface area (TPSA) is 48.1 Å². The molecule has 0 saturated heterocycles. The molecule has 1 aromatic heterocycles. The number of ether oxygens (including phenoxy) is 1. The summed E-state index contributed by atoms with van der Waals surface area (Å²) in [6.45, 7) is 0.490. The molecule has 0 spiro atoms. The van der Waals surface area contributed by atoms with Gasteiger partial charge < -0.3 is 10.5 Å². The predicted molar refractivity (Wildman–Crippen MR) is 67.9 cm³/mol. The van der Waals surface area contributed by atoms with Gasteiger partial charge in [0.25, 0.3) is 0 Å². The fraction of sp³-hybridized carbons (Fsp3) is 0.214. The van der Waals surface area contributed by atoms with Gasteiger partial charge in [0.15, 0.2) is 0 Å². The molecule has 0 aliphatic rings. The zero-order chi connectivity index (χ0) is 12.1. The van der Waals surface area contributed by atoms with Gasteiger partial charge in [0, 0.05) is 24.5 Å². The van der Waals surface area contributed by atoms with Gasteiger partial charge in [0.2, 0.25) is 0 Å². The number of benzene rings is 1. The lowest BCUT2D eigenvalue weighted by atomic mass is 10.0. The largest absolute Gasteiger partial charge is 0.496 e. The Morgan fingerprint density at radius 2 is 2.12 bits per heavy atom. The van der Waals surface area contributed by atoms with E-state index in [4.69, 9.17) is 10.5 Å². The average Bonchev–Trinajstić information content (AvgIpc) is 2.40. The maximum Gasteiger partial charge on any atom is 0.123 e. The normalized spacial score (nSPS) is 10.2. The summed E-state index contributed by atoms with van der Waals surface area (Å²) in [5.74, 6) is 0.849. The van der Waals surface area contributed by atoms with Crippen LogP contribution in [0.2, 0.25) is 0 Å². The average molecular weight is 228 g/mol. The second-order valence-electron chi connectivity index (χ2n) is 3.89. The van der Waals surface area contributed by atoms with Gasteiger partial charge in [0.1, 0.15) is 5.75 Å². The number of methoxy groups -OCH3 is 1. The zero-order valence-electron chi connectivity index (χ0n) is 9.89. The van der Waals surface area contributed by atoms with Crippen LogP contribution in [0.3, 0.4) is 0 Å². The summed E-state index contributed by atoms with van der Waals surface area (Å²) >= 11 is 0. The Balaban J connectivity index is 2.22. The molecule has 0 amide bonds. The first-order valence-electron chi connectivity index (χ1n) is 5.58. The van der Waals surface area contributed by atoms with E-state index in [0.717, 1.165) is 17.7 Å². The van der Waals surface area contributed by atoms with Gasteiger partial charge in [-0.25, -0.2) is 0 Å². The maximum atomic E-state index is 5.70. The first kappa shape index (κ1) is 11.6. The first-order chi connectivity index (χ1) is 8.33. The third-order valence-electron chi connectivity index (χ3n) is 2.70. The summed E-state index contributed by atoms with van der Waals surface area (Å²) in [6, 6.07) is 10.1. The van der Waals surface area contributed by atoms with E-state index >= 15 is 0 Å². The molecule has 17 heavy (non-hydrogen) atoms. The SMILES string of the molecule is COc1ccc(Cc2cccnc2)cc1CN. The van der Waals surface area contributed by atoms with Gasteiger partial charge in [-0.15, -0.1) is 0 Å². The van der Waals surface area contributed by atoms with Crippen molar-refractivity contribution in [3.63, 3.8) is 0 Å². The number of hydrogen-bond acceptors (Lipinski definition) is 3. The number of nitrogens with zero attached hydrogens (tertiary/aromatic N) is 1. The molecule has 88 valence electrons. The quantitative estimate of drug-likeness (QED) is 0.872. The molecular weight excluding hydrogens is 212 g/mol. The number of nitrogens with two attached hydrogens (primary N) is 1. The lowest BCUT2D eigenvalue weighted by molar-refractivity contribution is 0.409. The number of hydrogen-bond donors (Lipinski definition) is 1. The second-order valence-corrected chi connectivity index (χ2v) is 3.89. The highest BCUT2D eigenvalue weighted by molar-refractivity contribution is 5.38. The van der Waals surface area contributed by atoms with Crippen molar-refractivity contribution in [2.75, 3.05) is 7.11 Å². The van der Waals surface area contributed by atoms with Crippen LogP contribution in [-0.2, 0) is 13.0 Å². The Morgan fingerprint density at radius 1 is 1.24 bits per heavy atom. The molecule has 2 rings (SSSR count). The highest BCUT2D eigenvalue weighted by Gasteiger charge is 2.03. The van der Waals surface area contributed by atoms with E-state index in [1.165, 1.54) is 11.1 Å². The molecule has 2 N–H and O–H groups in total. The molecule has 0 radical (unpaired) electrons. The van der Waals surface area contributed by atoms with Crippen molar-refractivity contribution in [1.29, 1.82) is 0 Å². The van der Waals surface area contributed by atoms with Crippen molar-refractivity contribution in [3.8, 4) is 5.75 Å². The predicted octanol–water partition coefficient (Wildman–Crippen LogP) is 2.14. The van der Waals surface area contributed by atoms with Gasteiger partial charge in [-0.2, -0.15) is 0 Å². The molecular formula is C14H16N2O. The minimum atomic E-state index is 0.490. The van der Waals surface area contributed by atoms with Crippen molar-refractivity contribution < 1.29 is 4.74 Å². The van der Waals surface area contributed by atoms with Crippen molar-refractivity contribution in [2.24, 2.45) is 5.73 Å². The van der Waals surface area contributed by atoms with E-state index in [0.29, 0.717) is 6.54 Å². The number of rotatable bonds is 4. The van der Waals surface area contributed by atoms with Gasteiger partial charge in [-0.1, -0.05) is 18.2 Å². The highest BCUT2D eigenvalue weighted by atomic mass is 16.5. The molecule has 2 aromatic rings.